The lowest BCUT2D eigenvalue weighted by Gasteiger charge is -2.29. The van der Waals surface area contributed by atoms with Crippen LogP contribution in [0.3, 0.4) is 0 Å². The SMILES string of the molecule is CC1(C)Cc2c(ccc3ccccc23)C(Sc2ccc(NC(N)=S)cc2)=N1. The fraction of sp³-hybridized carbons (Fsp3) is 0.182. The molecule has 27 heavy (non-hydrogen) atoms. The zero-order valence-corrected chi connectivity index (χ0v) is 17.0. The maximum atomic E-state index is 5.54. The van der Waals surface area contributed by atoms with Gasteiger partial charge < -0.3 is 11.1 Å². The monoisotopic (exact) mass is 391 g/mol. The Bertz CT molecular complexity index is 1050. The number of nitrogens with two attached hydrogens (primary N) is 1. The van der Waals surface area contributed by atoms with E-state index in [4.69, 9.17) is 22.9 Å². The fourth-order valence-corrected chi connectivity index (χ4v) is 4.68. The first-order valence-electron chi connectivity index (χ1n) is 8.86. The minimum absolute atomic E-state index is 0.118. The van der Waals surface area contributed by atoms with Gasteiger partial charge in [-0.1, -0.05) is 48.2 Å². The van der Waals surface area contributed by atoms with Crippen LogP contribution in [0.1, 0.15) is 25.0 Å². The Morgan fingerprint density at radius 2 is 1.81 bits per heavy atom. The molecule has 0 fully saturated rings. The molecule has 5 heteroatoms. The fourth-order valence-electron chi connectivity index (χ4n) is 3.47. The molecule has 0 aliphatic carbocycles. The number of fused-ring (bicyclic) bond motifs is 3. The highest BCUT2D eigenvalue weighted by Crippen LogP contribution is 2.37. The average Bonchev–Trinajstić information content (AvgIpc) is 2.62. The molecule has 3 nitrogen and oxygen atoms in total. The van der Waals surface area contributed by atoms with E-state index < -0.39 is 0 Å². The van der Waals surface area contributed by atoms with E-state index in [2.05, 4.69) is 67.7 Å². The third kappa shape index (κ3) is 3.84. The lowest BCUT2D eigenvalue weighted by atomic mass is 9.86. The number of nitrogens with zero attached hydrogens (tertiary/aromatic N) is 1. The molecule has 0 bridgehead atoms. The Balaban J connectivity index is 1.71. The topological polar surface area (TPSA) is 50.4 Å². The molecule has 0 unspecified atom stereocenters. The van der Waals surface area contributed by atoms with E-state index in [-0.39, 0.29) is 10.7 Å². The maximum Gasteiger partial charge on any atom is 0.168 e. The maximum absolute atomic E-state index is 5.54. The van der Waals surface area contributed by atoms with Crippen LogP contribution in [0.15, 0.2) is 70.6 Å². The molecule has 0 spiro atoms. The van der Waals surface area contributed by atoms with Crippen molar-refractivity contribution in [2.24, 2.45) is 10.7 Å². The van der Waals surface area contributed by atoms with Crippen molar-refractivity contribution in [3.63, 3.8) is 0 Å². The van der Waals surface area contributed by atoms with E-state index in [1.165, 1.54) is 21.9 Å². The first kappa shape index (κ1) is 18.0. The number of nitrogens with one attached hydrogen (secondary N) is 1. The van der Waals surface area contributed by atoms with Crippen LogP contribution < -0.4 is 11.1 Å². The van der Waals surface area contributed by atoms with Gasteiger partial charge in [0.1, 0.15) is 5.04 Å². The van der Waals surface area contributed by atoms with Crippen LogP contribution in [0.25, 0.3) is 10.8 Å². The average molecular weight is 392 g/mol. The lowest BCUT2D eigenvalue weighted by molar-refractivity contribution is 0.517. The Labute approximate surface area is 169 Å². The normalized spacial score (nSPS) is 15.1. The van der Waals surface area contributed by atoms with Crippen molar-refractivity contribution in [1.29, 1.82) is 0 Å². The van der Waals surface area contributed by atoms with Crippen molar-refractivity contribution >= 4 is 50.6 Å². The molecular weight excluding hydrogens is 370 g/mol. The molecule has 1 aliphatic rings. The van der Waals surface area contributed by atoms with Gasteiger partial charge in [-0.2, -0.15) is 0 Å². The summed E-state index contributed by atoms with van der Waals surface area (Å²) in [5.41, 5.74) is 8.94. The molecule has 3 aromatic carbocycles. The molecule has 0 atom stereocenters. The number of anilines is 1. The number of hydrogen-bond acceptors (Lipinski definition) is 3. The number of hydrogen-bond donors (Lipinski definition) is 2. The predicted octanol–water partition coefficient (Wildman–Crippen LogP) is 5.37. The number of thioether (sulfide) groups is 1. The van der Waals surface area contributed by atoms with E-state index in [0.29, 0.717) is 0 Å². The first-order chi connectivity index (χ1) is 12.9. The molecule has 0 radical (unpaired) electrons. The summed E-state index contributed by atoms with van der Waals surface area (Å²) in [6.07, 6.45) is 0.949. The van der Waals surface area contributed by atoms with Gasteiger partial charge in [-0.05, 0) is 73.1 Å². The second-order valence-electron chi connectivity index (χ2n) is 7.33. The summed E-state index contributed by atoms with van der Waals surface area (Å²) in [5, 5.41) is 6.91. The van der Waals surface area contributed by atoms with Crippen molar-refractivity contribution in [3.05, 3.63) is 71.8 Å². The number of rotatable bonds is 2. The van der Waals surface area contributed by atoms with Crippen molar-refractivity contribution in [3.8, 4) is 0 Å². The van der Waals surface area contributed by atoms with Gasteiger partial charge in [0.15, 0.2) is 5.11 Å². The van der Waals surface area contributed by atoms with Crippen LogP contribution in [-0.2, 0) is 6.42 Å². The number of aliphatic imine (C=N–C) groups is 1. The Kier molecular flexibility index (Phi) is 4.66. The van der Waals surface area contributed by atoms with Crippen molar-refractivity contribution in [2.45, 2.75) is 30.7 Å². The zero-order valence-electron chi connectivity index (χ0n) is 15.3. The van der Waals surface area contributed by atoms with Crippen molar-refractivity contribution in [2.75, 3.05) is 5.32 Å². The molecule has 1 aliphatic heterocycles. The molecular formula is C22H21N3S2. The van der Waals surface area contributed by atoms with Crippen LogP contribution in [0.2, 0.25) is 0 Å². The molecule has 3 N–H and O–H groups in total. The molecule has 0 aromatic heterocycles. The van der Waals surface area contributed by atoms with Gasteiger partial charge in [-0.3, -0.25) is 4.99 Å². The van der Waals surface area contributed by atoms with Gasteiger partial charge in [-0.15, -0.1) is 0 Å². The second-order valence-corrected chi connectivity index (χ2v) is 8.84. The van der Waals surface area contributed by atoms with Crippen LogP contribution in [0, 0.1) is 0 Å². The molecule has 136 valence electrons. The van der Waals surface area contributed by atoms with E-state index >= 15 is 0 Å². The second kappa shape index (κ2) is 6.98. The zero-order chi connectivity index (χ0) is 19.0. The molecule has 3 aromatic rings. The van der Waals surface area contributed by atoms with Crippen LogP contribution in [0.5, 0.6) is 0 Å². The minimum Gasteiger partial charge on any atom is -0.376 e. The summed E-state index contributed by atoms with van der Waals surface area (Å²) < 4.78 is 0. The summed E-state index contributed by atoms with van der Waals surface area (Å²) in [4.78, 5) is 6.19. The van der Waals surface area contributed by atoms with Gasteiger partial charge >= 0.3 is 0 Å². The third-order valence-corrected chi connectivity index (χ3v) is 5.74. The largest absolute Gasteiger partial charge is 0.376 e. The van der Waals surface area contributed by atoms with Crippen LogP contribution in [-0.4, -0.2) is 15.7 Å². The van der Waals surface area contributed by atoms with Crippen molar-refractivity contribution < 1.29 is 0 Å². The molecule has 0 amide bonds. The van der Waals surface area contributed by atoms with Gasteiger partial charge in [0.2, 0.25) is 0 Å². The smallest absolute Gasteiger partial charge is 0.168 e. The van der Waals surface area contributed by atoms with E-state index in [1.54, 1.807) is 11.8 Å². The third-order valence-electron chi connectivity index (χ3n) is 4.62. The van der Waals surface area contributed by atoms with Gasteiger partial charge in [0.05, 0.1) is 5.54 Å². The standard InChI is InChI=1S/C22H21N3S2/c1-22(2)13-19-17-6-4-3-5-14(17)7-12-18(19)20(25-22)27-16-10-8-15(9-11-16)24-21(23)26/h3-12H,13H2,1-2H3,(H3,23,24,26). The number of benzene rings is 3. The van der Waals surface area contributed by atoms with Crippen LogP contribution >= 0.6 is 24.0 Å². The molecule has 4 rings (SSSR count). The predicted molar refractivity (Wildman–Crippen MR) is 121 cm³/mol. The highest BCUT2D eigenvalue weighted by atomic mass is 32.2. The van der Waals surface area contributed by atoms with Gasteiger partial charge in [-0.25, -0.2) is 0 Å². The quantitative estimate of drug-likeness (QED) is 0.577. The lowest BCUT2D eigenvalue weighted by Crippen LogP contribution is -2.28. The Morgan fingerprint density at radius 1 is 1.07 bits per heavy atom. The highest BCUT2D eigenvalue weighted by molar-refractivity contribution is 8.14. The Hall–Kier alpha value is -2.37. The summed E-state index contributed by atoms with van der Waals surface area (Å²) in [5.74, 6) is 0. The molecule has 0 saturated carbocycles. The summed E-state index contributed by atoms with van der Waals surface area (Å²) in [7, 11) is 0. The van der Waals surface area contributed by atoms with E-state index in [0.717, 1.165) is 22.0 Å². The van der Waals surface area contributed by atoms with E-state index in [1.807, 2.05) is 12.1 Å². The molecule has 0 saturated heterocycles. The van der Waals surface area contributed by atoms with Gasteiger partial charge in [0, 0.05) is 16.1 Å². The van der Waals surface area contributed by atoms with Crippen molar-refractivity contribution in [1.82, 2.24) is 0 Å². The van der Waals surface area contributed by atoms with E-state index in [9.17, 15) is 0 Å². The minimum atomic E-state index is -0.118. The number of thiocarbonyl (C=S) groups is 1. The Morgan fingerprint density at radius 3 is 2.56 bits per heavy atom. The first-order valence-corrected chi connectivity index (χ1v) is 10.1. The summed E-state index contributed by atoms with van der Waals surface area (Å²) in [6, 6.07) is 21.1. The highest BCUT2D eigenvalue weighted by Gasteiger charge is 2.28. The van der Waals surface area contributed by atoms with Crippen LogP contribution in [0.4, 0.5) is 5.69 Å². The summed E-state index contributed by atoms with van der Waals surface area (Å²) >= 11 is 6.59. The van der Waals surface area contributed by atoms with Gasteiger partial charge in [0.25, 0.3) is 0 Å². The summed E-state index contributed by atoms with van der Waals surface area (Å²) in [6.45, 7) is 4.40. The molecule has 1 heterocycles.